The zero-order valence-electron chi connectivity index (χ0n) is 14.8. The molecule has 0 aliphatic carbocycles. The van der Waals surface area contributed by atoms with Crippen LogP contribution >= 0.6 is 0 Å². The van der Waals surface area contributed by atoms with Gasteiger partial charge in [0.15, 0.2) is 0 Å². The summed E-state index contributed by atoms with van der Waals surface area (Å²) < 4.78 is 0. The maximum Gasteiger partial charge on any atom is 0.0357 e. The van der Waals surface area contributed by atoms with Crippen molar-refractivity contribution in [2.24, 2.45) is 0 Å². The second-order valence-corrected chi connectivity index (χ2v) is 7.10. The van der Waals surface area contributed by atoms with Crippen molar-refractivity contribution in [3.63, 3.8) is 0 Å². The van der Waals surface area contributed by atoms with Gasteiger partial charge in [0.2, 0.25) is 0 Å². The quantitative estimate of drug-likeness (QED) is 0.572. The van der Waals surface area contributed by atoms with Crippen molar-refractivity contribution in [2.75, 3.05) is 7.05 Å². The first kappa shape index (κ1) is 16.1. The largest absolute Gasteiger partial charge is 0.292 e. The molecule has 0 amide bonds. The number of benzene rings is 3. The second kappa shape index (κ2) is 7.25. The van der Waals surface area contributed by atoms with E-state index in [0.717, 1.165) is 0 Å². The van der Waals surface area contributed by atoms with Crippen LogP contribution in [-0.4, -0.2) is 11.9 Å². The van der Waals surface area contributed by atoms with Crippen molar-refractivity contribution in [2.45, 2.75) is 30.8 Å². The molecule has 0 spiro atoms. The van der Waals surface area contributed by atoms with Gasteiger partial charge in [0.25, 0.3) is 0 Å². The topological polar surface area (TPSA) is 3.24 Å². The van der Waals surface area contributed by atoms with Crippen LogP contribution in [-0.2, 0) is 0 Å². The molecule has 25 heavy (non-hydrogen) atoms. The number of nitrogens with zero attached hydrogens (tertiary/aromatic N) is 1. The Kier molecular flexibility index (Phi) is 4.67. The zero-order chi connectivity index (χ0) is 17.1. The van der Waals surface area contributed by atoms with E-state index in [2.05, 4.69) is 103 Å². The third-order valence-electron chi connectivity index (χ3n) is 5.64. The van der Waals surface area contributed by atoms with Crippen LogP contribution in [0.15, 0.2) is 91.0 Å². The summed E-state index contributed by atoms with van der Waals surface area (Å²) >= 11 is 0. The van der Waals surface area contributed by atoms with Gasteiger partial charge in [-0.15, -0.1) is 0 Å². The summed E-state index contributed by atoms with van der Waals surface area (Å²) in [5, 5.41) is 0. The first-order chi connectivity index (χ1) is 12.3. The number of likely N-dealkylation sites (tertiary alicyclic amines) is 1. The molecule has 3 aromatic rings. The lowest BCUT2D eigenvalue weighted by molar-refractivity contribution is 0.100. The Hall–Kier alpha value is -2.38. The van der Waals surface area contributed by atoms with Crippen LogP contribution in [0.4, 0.5) is 0 Å². The first-order valence-corrected chi connectivity index (χ1v) is 9.19. The molecule has 3 atom stereocenters. The van der Waals surface area contributed by atoms with E-state index in [1.54, 1.807) is 0 Å². The van der Waals surface area contributed by atoms with E-state index >= 15 is 0 Å². The van der Waals surface area contributed by atoms with Crippen LogP contribution in [0.1, 0.15) is 47.5 Å². The van der Waals surface area contributed by atoms with Crippen LogP contribution in [0.5, 0.6) is 0 Å². The third-order valence-corrected chi connectivity index (χ3v) is 5.64. The Morgan fingerprint density at radius 1 is 0.560 bits per heavy atom. The van der Waals surface area contributed by atoms with Crippen molar-refractivity contribution in [3.05, 3.63) is 108 Å². The normalized spacial score (nSPS) is 24.1. The number of rotatable bonds is 3. The van der Waals surface area contributed by atoms with E-state index in [9.17, 15) is 0 Å². The first-order valence-electron chi connectivity index (χ1n) is 9.19. The van der Waals surface area contributed by atoms with Gasteiger partial charge in [-0.25, -0.2) is 0 Å². The van der Waals surface area contributed by atoms with Crippen molar-refractivity contribution < 1.29 is 0 Å². The third kappa shape index (κ3) is 3.38. The number of piperidine rings is 1. The molecule has 1 heteroatoms. The maximum atomic E-state index is 2.57. The molecule has 1 unspecified atom stereocenters. The summed E-state index contributed by atoms with van der Waals surface area (Å²) in [6, 6.07) is 33.9. The molecular weight excluding hydrogens is 302 g/mol. The highest BCUT2D eigenvalue weighted by atomic mass is 15.2. The van der Waals surface area contributed by atoms with Gasteiger partial charge in [0.05, 0.1) is 0 Å². The van der Waals surface area contributed by atoms with E-state index in [0.29, 0.717) is 18.0 Å². The molecule has 0 bridgehead atoms. The van der Waals surface area contributed by atoms with Gasteiger partial charge < -0.3 is 0 Å². The van der Waals surface area contributed by atoms with Crippen molar-refractivity contribution in [3.8, 4) is 0 Å². The van der Waals surface area contributed by atoms with E-state index in [1.807, 2.05) is 0 Å². The minimum Gasteiger partial charge on any atom is -0.292 e. The highest BCUT2D eigenvalue weighted by molar-refractivity contribution is 5.28. The second-order valence-electron chi connectivity index (χ2n) is 7.10. The molecule has 3 aromatic carbocycles. The average molecular weight is 327 g/mol. The van der Waals surface area contributed by atoms with E-state index in [1.165, 1.54) is 29.5 Å². The monoisotopic (exact) mass is 327 g/mol. The molecule has 1 nitrogen and oxygen atoms in total. The predicted molar refractivity (Wildman–Crippen MR) is 105 cm³/mol. The van der Waals surface area contributed by atoms with Crippen LogP contribution in [0.3, 0.4) is 0 Å². The Bertz CT molecular complexity index is 733. The molecule has 0 aromatic heterocycles. The fourth-order valence-electron chi connectivity index (χ4n) is 4.28. The number of hydrogen-bond donors (Lipinski definition) is 0. The Labute approximate surface area is 150 Å². The van der Waals surface area contributed by atoms with Crippen LogP contribution in [0, 0.1) is 0 Å². The zero-order valence-corrected chi connectivity index (χ0v) is 14.8. The van der Waals surface area contributed by atoms with Crippen LogP contribution in [0.25, 0.3) is 0 Å². The van der Waals surface area contributed by atoms with Gasteiger partial charge in [0, 0.05) is 12.1 Å². The molecule has 1 aliphatic heterocycles. The Balaban J connectivity index is 1.72. The molecule has 0 saturated carbocycles. The molecule has 0 N–H and O–H groups in total. The fourth-order valence-corrected chi connectivity index (χ4v) is 4.28. The molecule has 1 saturated heterocycles. The molecular formula is C24H25N. The Morgan fingerprint density at radius 2 is 0.920 bits per heavy atom. The maximum absolute atomic E-state index is 2.57. The smallest absolute Gasteiger partial charge is 0.0357 e. The molecule has 1 aliphatic rings. The highest BCUT2D eigenvalue weighted by Crippen LogP contribution is 2.46. The summed E-state index contributed by atoms with van der Waals surface area (Å²) in [5.74, 6) is 0.591. The summed E-state index contributed by atoms with van der Waals surface area (Å²) in [7, 11) is 2.29. The molecule has 4 rings (SSSR count). The minimum atomic E-state index is 0.449. The minimum absolute atomic E-state index is 0.449. The van der Waals surface area contributed by atoms with E-state index in [4.69, 9.17) is 0 Å². The lowest BCUT2D eigenvalue weighted by Gasteiger charge is -2.44. The van der Waals surface area contributed by atoms with E-state index < -0.39 is 0 Å². The van der Waals surface area contributed by atoms with Gasteiger partial charge in [0.1, 0.15) is 0 Å². The van der Waals surface area contributed by atoms with E-state index in [-0.39, 0.29) is 0 Å². The SMILES string of the molecule is CN1[C@@H](c2ccccc2)CC(c2ccccc2)C[C@H]1c1ccccc1. The van der Waals surface area contributed by atoms with Gasteiger partial charge in [-0.3, -0.25) is 4.90 Å². The number of hydrogen-bond acceptors (Lipinski definition) is 1. The van der Waals surface area contributed by atoms with Gasteiger partial charge in [-0.1, -0.05) is 91.0 Å². The molecule has 1 fully saturated rings. The van der Waals surface area contributed by atoms with Gasteiger partial charge in [-0.05, 0) is 42.5 Å². The summed E-state index contributed by atoms with van der Waals surface area (Å²) in [6.07, 6.45) is 2.35. The summed E-state index contributed by atoms with van der Waals surface area (Å²) in [4.78, 5) is 2.57. The lowest BCUT2D eigenvalue weighted by atomic mass is 9.78. The van der Waals surface area contributed by atoms with Gasteiger partial charge >= 0.3 is 0 Å². The highest BCUT2D eigenvalue weighted by Gasteiger charge is 2.35. The molecule has 1 heterocycles. The van der Waals surface area contributed by atoms with Crippen LogP contribution < -0.4 is 0 Å². The standard InChI is InChI=1S/C24H25N/c1-25-23(20-13-7-3-8-14-20)17-22(19-11-5-2-6-12-19)18-24(25)21-15-9-4-10-16-21/h2-16,22-24H,17-18H2,1H3/t22?,23-,24+. The van der Waals surface area contributed by atoms with Crippen LogP contribution in [0.2, 0.25) is 0 Å². The fraction of sp³-hybridized carbons (Fsp3) is 0.250. The van der Waals surface area contributed by atoms with Crippen molar-refractivity contribution in [1.82, 2.24) is 4.90 Å². The predicted octanol–water partition coefficient (Wildman–Crippen LogP) is 5.98. The van der Waals surface area contributed by atoms with Crippen molar-refractivity contribution >= 4 is 0 Å². The van der Waals surface area contributed by atoms with Gasteiger partial charge in [-0.2, -0.15) is 0 Å². The molecule has 0 radical (unpaired) electrons. The summed E-state index contributed by atoms with van der Waals surface area (Å²) in [5.41, 5.74) is 4.32. The lowest BCUT2D eigenvalue weighted by Crippen LogP contribution is -2.36. The average Bonchev–Trinajstić information content (AvgIpc) is 2.70. The Morgan fingerprint density at radius 3 is 1.32 bits per heavy atom. The summed E-state index contributed by atoms with van der Waals surface area (Å²) in [6.45, 7) is 0. The van der Waals surface area contributed by atoms with Crippen molar-refractivity contribution in [1.29, 1.82) is 0 Å². The molecule has 126 valence electrons.